The summed E-state index contributed by atoms with van der Waals surface area (Å²) in [5.74, 6) is 0. The zero-order valence-corrected chi connectivity index (χ0v) is 12.0. The van der Waals surface area contributed by atoms with E-state index in [-0.39, 0.29) is 6.61 Å². The number of aromatic nitrogens is 1. The molecule has 2 aromatic carbocycles. The Balaban J connectivity index is 1.99. The molecular weight excluding hydrogens is 268 g/mol. The third-order valence-corrected chi connectivity index (χ3v) is 4.29. The number of rotatable bonds is 4. The molecule has 1 aromatic heterocycles. The minimum absolute atomic E-state index is 0.0171. The average Bonchev–Trinajstić information content (AvgIpc) is 2.91. The van der Waals surface area contributed by atoms with E-state index in [2.05, 4.69) is 9.69 Å². The molecule has 3 rings (SSSR count). The monoisotopic (exact) mass is 284 g/mol. The lowest BCUT2D eigenvalue weighted by atomic mass is 9.93. The molecule has 1 unspecified atom stereocenters. The molecule has 0 aliphatic heterocycles. The van der Waals surface area contributed by atoms with Crippen molar-refractivity contribution in [1.82, 2.24) is 4.37 Å². The molecule has 3 nitrogen and oxygen atoms in total. The molecule has 0 radical (unpaired) electrons. The lowest BCUT2D eigenvalue weighted by Crippen LogP contribution is -2.35. The second-order valence-electron chi connectivity index (χ2n) is 5.01. The Labute approximate surface area is 122 Å². The van der Waals surface area contributed by atoms with Gasteiger partial charge in [0.2, 0.25) is 0 Å². The van der Waals surface area contributed by atoms with Crippen LogP contribution in [0.1, 0.15) is 12.5 Å². The van der Waals surface area contributed by atoms with Crippen molar-refractivity contribution in [3.05, 3.63) is 60.2 Å². The Morgan fingerprint density at radius 1 is 1.10 bits per heavy atom. The maximum atomic E-state index is 9.83. The lowest BCUT2D eigenvalue weighted by Gasteiger charge is -2.29. The van der Waals surface area contributed by atoms with Crippen molar-refractivity contribution < 1.29 is 5.11 Å². The fourth-order valence-corrected chi connectivity index (χ4v) is 3.13. The first-order valence-corrected chi connectivity index (χ1v) is 7.29. The molecule has 0 saturated carbocycles. The van der Waals surface area contributed by atoms with Gasteiger partial charge >= 0.3 is 0 Å². The van der Waals surface area contributed by atoms with Gasteiger partial charge < -0.3 is 10.4 Å². The van der Waals surface area contributed by atoms with E-state index in [1.165, 1.54) is 11.5 Å². The summed E-state index contributed by atoms with van der Waals surface area (Å²) in [5.41, 5.74) is 1.52. The Morgan fingerprint density at radius 3 is 2.55 bits per heavy atom. The van der Waals surface area contributed by atoms with Crippen molar-refractivity contribution in [3.8, 4) is 0 Å². The van der Waals surface area contributed by atoms with Crippen molar-refractivity contribution in [1.29, 1.82) is 0 Å². The van der Waals surface area contributed by atoms with Crippen molar-refractivity contribution in [3.63, 3.8) is 0 Å². The SMILES string of the molecule is CC(CO)(Nc1snc2ccccc12)c1ccccc1. The van der Waals surface area contributed by atoms with E-state index in [9.17, 15) is 5.11 Å². The fraction of sp³-hybridized carbons (Fsp3) is 0.188. The van der Waals surface area contributed by atoms with E-state index in [4.69, 9.17) is 0 Å². The van der Waals surface area contributed by atoms with Crippen LogP contribution >= 0.6 is 11.5 Å². The summed E-state index contributed by atoms with van der Waals surface area (Å²) in [6.45, 7) is 2.01. The Hall–Kier alpha value is -1.91. The van der Waals surface area contributed by atoms with Gasteiger partial charge in [-0.25, -0.2) is 0 Å². The maximum Gasteiger partial charge on any atom is 0.118 e. The largest absolute Gasteiger partial charge is 0.394 e. The standard InChI is InChI=1S/C16H16N2OS/c1-16(11-19,12-7-3-2-4-8-12)17-15-13-9-5-6-10-14(13)18-20-15/h2-10,17,19H,11H2,1H3. The molecule has 2 N–H and O–H groups in total. The third kappa shape index (κ3) is 2.28. The smallest absolute Gasteiger partial charge is 0.118 e. The van der Waals surface area contributed by atoms with Gasteiger partial charge in [0.1, 0.15) is 5.00 Å². The van der Waals surface area contributed by atoms with Gasteiger partial charge in [-0.15, -0.1) is 0 Å². The van der Waals surface area contributed by atoms with E-state index < -0.39 is 5.54 Å². The van der Waals surface area contributed by atoms with Gasteiger partial charge in [0, 0.05) is 5.39 Å². The molecule has 102 valence electrons. The van der Waals surface area contributed by atoms with Crippen LogP contribution in [0, 0.1) is 0 Å². The lowest BCUT2D eigenvalue weighted by molar-refractivity contribution is 0.224. The molecule has 0 saturated heterocycles. The number of aliphatic hydroxyl groups is 1. The molecule has 0 fully saturated rings. The van der Waals surface area contributed by atoms with Crippen molar-refractivity contribution in [2.24, 2.45) is 0 Å². The first-order valence-electron chi connectivity index (χ1n) is 6.52. The number of hydrogen-bond acceptors (Lipinski definition) is 4. The summed E-state index contributed by atoms with van der Waals surface area (Å²) in [4.78, 5) is 0. The maximum absolute atomic E-state index is 9.83. The Kier molecular flexibility index (Phi) is 3.42. The second-order valence-corrected chi connectivity index (χ2v) is 5.78. The minimum atomic E-state index is -0.517. The number of aliphatic hydroxyl groups excluding tert-OH is 1. The minimum Gasteiger partial charge on any atom is -0.394 e. The van der Waals surface area contributed by atoms with Crippen LogP contribution in [-0.4, -0.2) is 16.1 Å². The summed E-state index contributed by atoms with van der Waals surface area (Å²) in [5, 5.41) is 15.4. The average molecular weight is 284 g/mol. The fourth-order valence-electron chi connectivity index (χ4n) is 2.24. The first kappa shape index (κ1) is 13.1. The van der Waals surface area contributed by atoms with Gasteiger partial charge in [-0.05, 0) is 36.2 Å². The van der Waals surface area contributed by atoms with Crippen LogP contribution in [-0.2, 0) is 5.54 Å². The van der Waals surface area contributed by atoms with Gasteiger partial charge in [0.05, 0.1) is 17.7 Å². The predicted molar refractivity (Wildman–Crippen MR) is 84.1 cm³/mol. The van der Waals surface area contributed by atoms with Crippen LogP contribution in [0.15, 0.2) is 54.6 Å². The highest BCUT2D eigenvalue weighted by Crippen LogP contribution is 2.33. The number of hydrogen-bond donors (Lipinski definition) is 2. The summed E-state index contributed by atoms with van der Waals surface area (Å²) >= 11 is 1.43. The molecule has 1 heterocycles. The Morgan fingerprint density at radius 2 is 1.80 bits per heavy atom. The number of benzene rings is 2. The normalized spacial score (nSPS) is 14.1. The van der Waals surface area contributed by atoms with Crippen molar-refractivity contribution in [2.75, 3.05) is 11.9 Å². The third-order valence-electron chi connectivity index (χ3n) is 3.50. The number of anilines is 1. The van der Waals surface area contributed by atoms with Crippen molar-refractivity contribution >= 4 is 27.4 Å². The van der Waals surface area contributed by atoms with Crippen molar-refractivity contribution in [2.45, 2.75) is 12.5 Å². The summed E-state index contributed by atoms with van der Waals surface area (Å²) < 4.78 is 4.43. The number of fused-ring (bicyclic) bond motifs is 1. The van der Waals surface area contributed by atoms with Crippen LogP contribution < -0.4 is 5.32 Å². The van der Waals surface area contributed by atoms with E-state index >= 15 is 0 Å². The number of nitrogens with one attached hydrogen (secondary N) is 1. The van der Waals surface area contributed by atoms with Crippen LogP contribution in [0.5, 0.6) is 0 Å². The van der Waals surface area contributed by atoms with E-state index in [1.807, 2.05) is 61.5 Å². The highest BCUT2D eigenvalue weighted by atomic mass is 32.1. The molecule has 0 bridgehead atoms. The van der Waals surface area contributed by atoms with Gasteiger partial charge in [-0.2, -0.15) is 4.37 Å². The highest BCUT2D eigenvalue weighted by molar-refractivity contribution is 7.11. The quantitative estimate of drug-likeness (QED) is 0.769. The highest BCUT2D eigenvalue weighted by Gasteiger charge is 2.26. The van der Waals surface area contributed by atoms with Crippen LogP contribution in [0.2, 0.25) is 0 Å². The number of nitrogens with zero attached hydrogens (tertiary/aromatic N) is 1. The predicted octanol–water partition coefficient (Wildman–Crippen LogP) is 3.62. The summed E-state index contributed by atoms with van der Waals surface area (Å²) in [6.07, 6.45) is 0. The van der Waals surface area contributed by atoms with E-state index in [0.717, 1.165) is 21.5 Å². The Bertz CT molecular complexity index is 711. The zero-order valence-electron chi connectivity index (χ0n) is 11.2. The summed E-state index contributed by atoms with van der Waals surface area (Å²) in [6, 6.07) is 18.0. The van der Waals surface area contributed by atoms with E-state index in [1.54, 1.807) is 0 Å². The van der Waals surface area contributed by atoms with Gasteiger partial charge in [0.25, 0.3) is 0 Å². The molecule has 1 atom stereocenters. The molecule has 3 aromatic rings. The molecule has 0 spiro atoms. The zero-order chi connectivity index (χ0) is 14.0. The molecule has 0 amide bonds. The molecule has 4 heteroatoms. The van der Waals surface area contributed by atoms with Crippen LogP contribution in [0.25, 0.3) is 10.9 Å². The van der Waals surface area contributed by atoms with Crippen LogP contribution in [0.3, 0.4) is 0 Å². The van der Waals surface area contributed by atoms with E-state index in [0.29, 0.717) is 0 Å². The molecular formula is C16H16N2OS. The van der Waals surface area contributed by atoms with Gasteiger partial charge in [-0.3, -0.25) is 0 Å². The summed E-state index contributed by atoms with van der Waals surface area (Å²) in [7, 11) is 0. The van der Waals surface area contributed by atoms with Gasteiger partial charge in [-0.1, -0.05) is 42.5 Å². The first-order chi connectivity index (χ1) is 9.73. The molecule has 20 heavy (non-hydrogen) atoms. The topological polar surface area (TPSA) is 45.1 Å². The second kappa shape index (κ2) is 5.23. The molecule has 0 aliphatic carbocycles. The van der Waals surface area contributed by atoms with Gasteiger partial charge in [0.15, 0.2) is 0 Å². The molecule has 0 aliphatic rings. The van der Waals surface area contributed by atoms with Crippen LogP contribution in [0.4, 0.5) is 5.00 Å².